The molecule has 56 valence electrons. The molecule has 0 radical (unpaired) electrons. The lowest BCUT2D eigenvalue weighted by atomic mass is 10.4. The summed E-state index contributed by atoms with van der Waals surface area (Å²) in [5.41, 5.74) is 0. The summed E-state index contributed by atoms with van der Waals surface area (Å²) in [5, 5.41) is 6.11. The van der Waals surface area contributed by atoms with Gasteiger partial charge in [-0.3, -0.25) is 0 Å². The molecule has 0 aliphatic carbocycles. The summed E-state index contributed by atoms with van der Waals surface area (Å²) >= 11 is 7.54. The molecule has 0 spiro atoms. The van der Waals surface area contributed by atoms with Gasteiger partial charge in [0.25, 0.3) is 0 Å². The van der Waals surface area contributed by atoms with E-state index in [4.69, 9.17) is 11.6 Å². The van der Waals surface area contributed by atoms with Crippen molar-refractivity contribution in [2.75, 3.05) is 6.54 Å². The summed E-state index contributed by atoms with van der Waals surface area (Å²) in [7, 11) is 0. The first kappa shape index (κ1) is 8.05. The van der Waals surface area contributed by atoms with Crippen LogP contribution in [0.4, 0.5) is 0 Å². The molecule has 10 heavy (non-hydrogen) atoms. The van der Waals surface area contributed by atoms with E-state index in [1.54, 1.807) is 11.3 Å². The number of rotatable bonds is 3. The molecule has 1 aromatic rings. The number of thiophene rings is 1. The average Bonchev–Trinajstić information content (AvgIpc) is 2.31. The Bertz CT molecular complexity index is 197. The Kier molecular flexibility index (Phi) is 3.19. The molecule has 1 N–H and O–H groups in total. The Balaban J connectivity index is 2.49. The van der Waals surface area contributed by atoms with Gasteiger partial charge in [-0.2, -0.15) is 0 Å². The van der Waals surface area contributed by atoms with Gasteiger partial charge in [-0.15, -0.1) is 11.3 Å². The summed E-state index contributed by atoms with van der Waals surface area (Å²) in [6.07, 6.45) is 0. The average molecular weight is 176 g/mol. The van der Waals surface area contributed by atoms with Crippen LogP contribution in [0.2, 0.25) is 5.02 Å². The monoisotopic (exact) mass is 175 g/mol. The molecule has 0 atom stereocenters. The fourth-order valence-electron chi connectivity index (χ4n) is 0.690. The van der Waals surface area contributed by atoms with Crippen LogP contribution in [0.25, 0.3) is 0 Å². The lowest BCUT2D eigenvalue weighted by molar-refractivity contribution is 0.735. The van der Waals surface area contributed by atoms with Gasteiger partial charge >= 0.3 is 0 Å². The van der Waals surface area contributed by atoms with Crippen molar-refractivity contribution in [2.24, 2.45) is 0 Å². The van der Waals surface area contributed by atoms with Crippen LogP contribution in [0.15, 0.2) is 11.4 Å². The zero-order valence-corrected chi connectivity index (χ0v) is 7.43. The summed E-state index contributed by atoms with van der Waals surface area (Å²) in [5.74, 6) is 0. The molecule has 0 aromatic carbocycles. The van der Waals surface area contributed by atoms with E-state index in [1.165, 1.54) is 4.88 Å². The molecule has 0 aliphatic rings. The molecule has 1 rings (SSSR count). The molecule has 1 aromatic heterocycles. The minimum absolute atomic E-state index is 0.881. The molecule has 0 unspecified atom stereocenters. The van der Waals surface area contributed by atoms with Crippen LogP contribution in [0, 0.1) is 0 Å². The van der Waals surface area contributed by atoms with Crippen LogP contribution in [0.5, 0.6) is 0 Å². The van der Waals surface area contributed by atoms with E-state index in [9.17, 15) is 0 Å². The highest BCUT2D eigenvalue weighted by atomic mass is 35.5. The second kappa shape index (κ2) is 3.96. The molecule has 1 heterocycles. The van der Waals surface area contributed by atoms with Crippen molar-refractivity contribution in [2.45, 2.75) is 13.5 Å². The van der Waals surface area contributed by atoms with Crippen LogP contribution in [0.1, 0.15) is 11.8 Å². The van der Waals surface area contributed by atoms with Gasteiger partial charge in [-0.05, 0) is 18.0 Å². The molecular weight excluding hydrogens is 166 g/mol. The van der Waals surface area contributed by atoms with Crippen molar-refractivity contribution < 1.29 is 0 Å². The van der Waals surface area contributed by atoms with Crippen LogP contribution < -0.4 is 5.32 Å². The van der Waals surface area contributed by atoms with Gasteiger partial charge in [0, 0.05) is 11.4 Å². The second-order valence-corrected chi connectivity index (χ2v) is 3.38. The molecule has 1 nitrogen and oxygen atoms in total. The van der Waals surface area contributed by atoms with E-state index in [0.717, 1.165) is 18.1 Å². The predicted molar refractivity (Wildman–Crippen MR) is 46.7 cm³/mol. The van der Waals surface area contributed by atoms with Gasteiger partial charge in [0.15, 0.2) is 0 Å². The van der Waals surface area contributed by atoms with Crippen molar-refractivity contribution in [3.05, 3.63) is 21.3 Å². The van der Waals surface area contributed by atoms with Gasteiger partial charge in [0.05, 0.1) is 5.02 Å². The van der Waals surface area contributed by atoms with Crippen molar-refractivity contribution in [1.82, 2.24) is 5.32 Å². The normalized spacial score (nSPS) is 10.2. The van der Waals surface area contributed by atoms with Crippen LogP contribution in [-0.2, 0) is 6.54 Å². The molecule has 0 aliphatic heterocycles. The van der Waals surface area contributed by atoms with E-state index in [-0.39, 0.29) is 0 Å². The molecule has 0 saturated heterocycles. The van der Waals surface area contributed by atoms with Crippen molar-refractivity contribution in [3.63, 3.8) is 0 Å². The number of nitrogens with one attached hydrogen (secondary N) is 1. The molecule has 0 amide bonds. The first-order valence-corrected chi connectivity index (χ1v) is 4.53. The quantitative estimate of drug-likeness (QED) is 0.745. The summed E-state index contributed by atoms with van der Waals surface area (Å²) < 4.78 is 0. The minimum Gasteiger partial charge on any atom is -0.312 e. The smallest absolute Gasteiger partial charge is 0.0558 e. The zero-order valence-electron chi connectivity index (χ0n) is 5.86. The third-order valence-electron chi connectivity index (χ3n) is 1.23. The Morgan fingerprint density at radius 1 is 1.70 bits per heavy atom. The third kappa shape index (κ3) is 1.97. The molecular formula is C7H10ClNS. The second-order valence-electron chi connectivity index (χ2n) is 1.97. The van der Waals surface area contributed by atoms with Gasteiger partial charge in [0.2, 0.25) is 0 Å². The molecule has 3 heteroatoms. The Labute approximate surface area is 70.0 Å². The third-order valence-corrected chi connectivity index (χ3v) is 2.61. The van der Waals surface area contributed by atoms with Crippen LogP contribution in [0.3, 0.4) is 0 Å². The fourth-order valence-corrected chi connectivity index (χ4v) is 1.76. The van der Waals surface area contributed by atoms with E-state index in [0.29, 0.717) is 0 Å². The predicted octanol–water partition coefficient (Wildman–Crippen LogP) is 2.51. The SMILES string of the molecule is CCNCc1sccc1Cl. The number of hydrogen-bond acceptors (Lipinski definition) is 2. The van der Waals surface area contributed by atoms with Crippen LogP contribution in [-0.4, -0.2) is 6.54 Å². The number of hydrogen-bond donors (Lipinski definition) is 1. The van der Waals surface area contributed by atoms with Crippen molar-refractivity contribution >= 4 is 22.9 Å². The van der Waals surface area contributed by atoms with E-state index < -0.39 is 0 Å². The fraction of sp³-hybridized carbons (Fsp3) is 0.429. The maximum Gasteiger partial charge on any atom is 0.0558 e. The Morgan fingerprint density at radius 2 is 2.50 bits per heavy atom. The largest absolute Gasteiger partial charge is 0.312 e. The van der Waals surface area contributed by atoms with Crippen molar-refractivity contribution in [1.29, 1.82) is 0 Å². The lowest BCUT2D eigenvalue weighted by Crippen LogP contribution is -2.10. The molecule has 0 bridgehead atoms. The topological polar surface area (TPSA) is 12.0 Å². The lowest BCUT2D eigenvalue weighted by Gasteiger charge is -1.97. The Hall–Kier alpha value is -0.0500. The maximum atomic E-state index is 5.85. The highest BCUT2D eigenvalue weighted by Crippen LogP contribution is 2.21. The van der Waals surface area contributed by atoms with Crippen molar-refractivity contribution in [3.8, 4) is 0 Å². The van der Waals surface area contributed by atoms with Gasteiger partial charge < -0.3 is 5.32 Å². The first-order valence-electron chi connectivity index (χ1n) is 3.27. The Morgan fingerprint density at radius 3 is 3.00 bits per heavy atom. The minimum atomic E-state index is 0.881. The number of halogens is 1. The van der Waals surface area contributed by atoms with Gasteiger partial charge in [-0.1, -0.05) is 18.5 Å². The first-order chi connectivity index (χ1) is 4.84. The van der Waals surface area contributed by atoms with Crippen LogP contribution >= 0.6 is 22.9 Å². The van der Waals surface area contributed by atoms with E-state index in [1.807, 2.05) is 11.4 Å². The van der Waals surface area contributed by atoms with E-state index in [2.05, 4.69) is 12.2 Å². The summed E-state index contributed by atoms with van der Waals surface area (Å²) in [6, 6.07) is 1.93. The summed E-state index contributed by atoms with van der Waals surface area (Å²) in [4.78, 5) is 1.23. The highest BCUT2D eigenvalue weighted by molar-refractivity contribution is 7.10. The van der Waals surface area contributed by atoms with Gasteiger partial charge in [0.1, 0.15) is 0 Å². The molecule has 0 fully saturated rings. The highest BCUT2D eigenvalue weighted by Gasteiger charge is 1.98. The standard InChI is InChI=1S/C7H10ClNS/c1-2-9-5-7-6(8)3-4-10-7/h3-4,9H,2,5H2,1H3. The summed E-state index contributed by atoms with van der Waals surface area (Å²) in [6.45, 7) is 3.97. The van der Waals surface area contributed by atoms with E-state index >= 15 is 0 Å². The maximum absolute atomic E-state index is 5.85. The molecule has 0 saturated carbocycles. The van der Waals surface area contributed by atoms with Gasteiger partial charge in [-0.25, -0.2) is 0 Å². The zero-order chi connectivity index (χ0) is 7.40.